The number of carbonyl (C=O) groups excluding carboxylic acids is 1. The summed E-state index contributed by atoms with van der Waals surface area (Å²) in [6.07, 6.45) is 1.32. The lowest BCUT2D eigenvalue weighted by atomic mass is 10.1. The summed E-state index contributed by atoms with van der Waals surface area (Å²) in [5.41, 5.74) is 4.01. The molecule has 0 radical (unpaired) electrons. The molecule has 1 N–H and O–H groups in total. The Labute approximate surface area is 169 Å². The van der Waals surface area contributed by atoms with Gasteiger partial charge in [0.2, 0.25) is 0 Å². The van der Waals surface area contributed by atoms with Gasteiger partial charge in [0.1, 0.15) is 11.5 Å². The van der Waals surface area contributed by atoms with Crippen LogP contribution in [0.3, 0.4) is 0 Å². The second-order valence-corrected chi connectivity index (χ2v) is 6.62. The van der Waals surface area contributed by atoms with Crippen LogP contribution in [0.4, 0.5) is 5.69 Å². The van der Waals surface area contributed by atoms with Gasteiger partial charge in [-0.1, -0.05) is 29.3 Å². The Kier molecular flexibility index (Phi) is 5.77. The van der Waals surface area contributed by atoms with E-state index in [4.69, 9.17) is 27.6 Å². The highest BCUT2D eigenvalue weighted by Gasteiger charge is 2.13. The Morgan fingerprint density at radius 1 is 1.14 bits per heavy atom. The van der Waals surface area contributed by atoms with Gasteiger partial charge in [-0.15, -0.1) is 0 Å². The van der Waals surface area contributed by atoms with Crippen LogP contribution in [0.1, 0.15) is 21.7 Å². The van der Waals surface area contributed by atoms with E-state index in [2.05, 4.69) is 10.5 Å². The number of rotatable bonds is 5. The molecule has 1 amide bonds. The molecular formula is C19H13Cl2N3O4. The van der Waals surface area contributed by atoms with Crippen molar-refractivity contribution < 1.29 is 14.1 Å². The van der Waals surface area contributed by atoms with Crippen LogP contribution in [0.15, 0.2) is 58.0 Å². The maximum Gasteiger partial charge on any atom is 0.272 e. The molecule has 2 aromatic carbocycles. The van der Waals surface area contributed by atoms with Gasteiger partial charge < -0.3 is 4.42 Å². The number of benzene rings is 2. The van der Waals surface area contributed by atoms with Gasteiger partial charge in [0, 0.05) is 17.7 Å². The number of aryl methyl sites for hydroxylation is 1. The third kappa shape index (κ3) is 4.39. The van der Waals surface area contributed by atoms with Crippen LogP contribution in [-0.2, 0) is 0 Å². The van der Waals surface area contributed by atoms with Crippen molar-refractivity contribution in [2.24, 2.45) is 5.10 Å². The Balaban J connectivity index is 1.71. The van der Waals surface area contributed by atoms with Gasteiger partial charge in [-0.3, -0.25) is 14.9 Å². The molecule has 0 aliphatic carbocycles. The standard InChI is InChI=1S/C19H13Cl2N3O4/c1-11-2-5-15(16(20)8-11)19(25)23-22-10-13-4-7-18(28-13)14-6-3-12(24(26)27)9-17(14)21/h2-10H,1H3,(H,23,25)/b22-10-. The van der Waals surface area contributed by atoms with Crippen molar-refractivity contribution in [1.82, 2.24) is 5.43 Å². The fraction of sp³-hybridized carbons (Fsp3) is 0.0526. The van der Waals surface area contributed by atoms with Gasteiger partial charge in [0.15, 0.2) is 0 Å². The molecule has 0 aliphatic rings. The zero-order valence-electron chi connectivity index (χ0n) is 14.5. The van der Waals surface area contributed by atoms with Crippen LogP contribution in [-0.4, -0.2) is 17.0 Å². The van der Waals surface area contributed by atoms with Gasteiger partial charge in [0.25, 0.3) is 11.6 Å². The summed E-state index contributed by atoms with van der Waals surface area (Å²) in [6, 6.07) is 12.4. The van der Waals surface area contributed by atoms with Crippen molar-refractivity contribution in [3.8, 4) is 11.3 Å². The van der Waals surface area contributed by atoms with Gasteiger partial charge in [-0.2, -0.15) is 5.10 Å². The summed E-state index contributed by atoms with van der Waals surface area (Å²) in [5, 5.41) is 15.2. The fourth-order valence-corrected chi connectivity index (χ4v) is 2.99. The molecular weight excluding hydrogens is 405 g/mol. The summed E-state index contributed by atoms with van der Waals surface area (Å²) in [5.74, 6) is 0.320. The molecule has 0 aliphatic heterocycles. The Morgan fingerprint density at radius 2 is 1.93 bits per heavy atom. The quantitative estimate of drug-likeness (QED) is 0.348. The van der Waals surface area contributed by atoms with Gasteiger partial charge in [-0.25, -0.2) is 5.43 Å². The third-order valence-electron chi connectivity index (χ3n) is 3.78. The predicted octanol–water partition coefficient (Wildman–Crippen LogP) is 5.23. The van der Waals surface area contributed by atoms with Crippen molar-refractivity contribution in [2.45, 2.75) is 6.92 Å². The van der Waals surface area contributed by atoms with E-state index < -0.39 is 10.8 Å². The van der Waals surface area contributed by atoms with Crippen molar-refractivity contribution in [3.05, 3.63) is 85.6 Å². The maximum atomic E-state index is 12.1. The highest BCUT2D eigenvalue weighted by atomic mass is 35.5. The summed E-state index contributed by atoms with van der Waals surface area (Å²) in [7, 11) is 0. The fourth-order valence-electron chi connectivity index (χ4n) is 2.40. The molecule has 1 heterocycles. The Bertz CT molecular complexity index is 1090. The first-order valence-corrected chi connectivity index (χ1v) is 8.74. The Hall–Kier alpha value is -3.16. The largest absolute Gasteiger partial charge is 0.455 e. The maximum absolute atomic E-state index is 12.1. The monoisotopic (exact) mass is 417 g/mol. The van der Waals surface area contributed by atoms with Crippen LogP contribution < -0.4 is 5.43 Å². The van der Waals surface area contributed by atoms with E-state index in [0.29, 0.717) is 27.7 Å². The number of nitrogens with one attached hydrogen (secondary N) is 1. The van der Waals surface area contributed by atoms with Crippen molar-refractivity contribution in [1.29, 1.82) is 0 Å². The molecule has 0 bridgehead atoms. The number of nitro groups is 1. The lowest BCUT2D eigenvalue weighted by molar-refractivity contribution is -0.384. The lowest BCUT2D eigenvalue weighted by Crippen LogP contribution is -2.18. The topological polar surface area (TPSA) is 97.7 Å². The van der Waals surface area contributed by atoms with Crippen LogP contribution in [0, 0.1) is 17.0 Å². The summed E-state index contributed by atoms with van der Waals surface area (Å²) < 4.78 is 5.60. The highest BCUT2D eigenvalue weighted by Crippen LogP contribution is 2.32. The first-order chi connectivity index (χ1) is 13.3. The van der Waals surface area contributed by atoms with Gasteiger partial charge >= 0.3 is 0 Å². The number of hydrogen-bond acceptors (Lipinski definition) is 5. The van der Waals surface area contributed by atoms with E-state index in [1.54, 1.807) is 30.3 Å². The molecule has 9 heteroatoms. The number of nitro benzene ring substituents is 1. The lowest BCUT2D eigenvalue weighted by Gasteiger charge is -2.03. The molecule has 0 saturated carbocycles. The number of nitrogens with zero attached hydrogens (tertiary/aromatic N) is 2. The summed E-state index contributed by atoms with van der Waals surface area (Å²) in [4.78, 5) is 22.4. The number of furan rings is 1. The minimum Gasteiger partial charge on any atom is -0.455 e. The minimum atomic E-state index is -0.529. The Morgan fingerprint density at radius 3 is 2.61 bits per heavy atom. The van der Waals surface area contributed by atoms with Crippen LogP contribution >= 0.6 is 23.2 Å². The average Bonchev–Trinajstić information content (AvgIpc) is 3.10. The number of hydrazone groups is 1. The van der Waals surface area contributed by atoms with Crippen molar-refractivity contribution in [3.63, 3.8) is 0 Å². The molecule has 0 unspecified atom stereocenters. The molecule has 0 saturated heterocycles. The first kappa shape index (κ1) is 19.6. The highest BCUT2D eigenvalue weighted by molar-refractivity contribution is 6.34. The molecule has 3 rings (SSSR count). The SMILES string of the molecule is Cc1ccc(C(=O)N/N=C\c2ccc(-c3ccc([N+](=O)[O-])cc3Cl)o2)c(Cl)c1. The van der Waals surface area contributed by atoms with Crippen molar-refractivity contribution in [2.75, 3.05) is 0 Å². The minimum absolute atomic E-state index is 0.112. The van der Waals surface area contributed by atoms with Gasteiger partial charge in [-0.05, 0) is 42.8 Å². The third-order valence-corrected chi connectivity index (χ3v) is 4.41. The molecule has 7 nitrogen and oxygen atoms in total. The molecule has 142 valence electrons. The molecule has 3 aromatic rings. The van der Waals surface area contributed by atoms with Gasteiger partial charge in [0.05, 0.1) is 26.7 Å². The van der Waals surface area contributed by atoms with E-state index in [9.17, 15) is 14.9 Å². The molecule has 0 spiro atoms. The average molecular weight is 418 g/mol. The molecule has 0 atom stereocenters. The number of halogens is 2. The molecule has 28 heavy (non-hydrogen) atoms. The zero-order valence-corrected chi connectivity index (χ0v) is 16.0. The normalized spacial score (nSPS) is 11.0. The van der Waals surface area contributed by atoms with Crippen molar-refractivity contribution >= 4 is 41.0 Å². The zero-order chi connectivity index (χ0) is 20.3. The van der Waals surface area contributed by atoms with E-state index >= 15 is 0 Å². The van der Waals surface area contributed by atoms with E-state index in [-0.39, 0.29) is 10.7 Å². The molecule has 0 fully saturated rings. The number of hydrogen-bond donors (Lipinski definition) is 1. The number of carbonyl (C=O) groups is 1. The smallest absolute Gasteiger partial charge is 0.272 e. The van der Waals surface area contributed by atoms with Crippen LogP contribution in [0.25, 0.3) is 11.3 Å². The van der Waals surface area contributed by atoms with E-state index in [1.165, 1.54) is 24.4 Å². The molecule has 1 aromatic heterocycles. The number of non-ortho nitro benzene ring substituents is 1. The second-order valence-electron chi connectivity index (χ2n) is 5.81. The summed E-state index contributed by atoms with van der Waals surface area (Å²) >= 11 is 12.1. The summed E-state index contributed by atoms with van der Waals surface area (Å²) in [6.45, 7) is 1.87. The predicted molar refractivity (Wildman–Crippen MR) is 107 cm³/mol. The van der Waals surface area contributed by atoms with Crippen LogP contribution in [0.5, 0.6) is 0 Å². The first-order valence-electron chi connectivity index (χ1n) is 7.99. The number of amides is 1. The second kappa shape index (κ2) is 8.24. The van der Waals surface area contributed by atoms with E-state index in [0.717, 1.165) is 5.56 Å². The van der Waals surface area contributed by atoms with Crippen LogP contribution in [0.2, 0.25) is 10.0 Å². The van der Waals surface area contributed by atoms with E-state index in [1.807, 2.05) is 6.92 Å².